The molecule has 0 aromatic rings. The Kier molecular flexibility index (Phi) is 22.9. The highest BCUT2D eigenvalue weighted by molar-refractivity contribution is 6.17. The Morgan fingerprint density at radius 1 is 0.714 bits per heavy atom. The number of hydrogen-bond acceptors (Lipinski definition) is 4. The maximum absolute atomic E-state index is 5.16. The van der Waals surface area contributed by atoms with Crippen LogP contribution in [0.15, 0.2) is 0 Å². The lowest BCUT2D eigenvalue weighted by atomic mass is 10.8. The van der Waals surface area contributed by atoms with Gasteiger partial charge in [0.2, 0.25) is 0 Å². The third-order valence-corrected chi connectivity index (χ3v) is 1.33. The molecule has 0 N–H and O–H groups in total. The fraction of sp³-hybridized carbons (Fsp3) is 1.00. The summed E-state index contributed by atoms with van der Waals surface area (Å²) < 4.78 is 18.7. The van der Waals surface area contributed by atoms with Gasteiger partial charge in [0.1, 0.15) is 12.1 Å². The van der Waals surface area contributed by atoms with E-state index in [0.717, 1.165) is 0 Å². The fourth-order valence-corrected chi connectivity index (χ4v) is 0.612. The Morgan fingerprint density at radius 3 is 1.29 bits per heavy atom. The largest absolute Gasteiger partial charge is 0.382 e. The van der Waals surface area contributed by atoms with Crippen LogP contribution in [0.1, 0.15) is 0 Å². The quantitative estimate of drug-likeness (QED) is 0.484. The van der Waals surface area contributed by atoms with E-state index in [-0.39, 0.29) is 12.1 Å². The van der Waals surface area contributed by atoms with Crippen molar-refractivity contribution in [3.63, 3.8) is 0 Å². The van der Waals surface area contributed by atoms with Gasteiger partial charge in [-0.25, -0.2) is 0 Å². The molecule has 88 valence electrons. The molecule has 0 fully saturated rings. The molecule has 0 spiro atoms. The van der Waals surface area contributed by atoms with Gasteiger partial charge >= 0.3 is 0 Å². The summed E-state index contributed by atoms with van der Waals surface area (Å²) in [7, 11) is 3.25. The van der Waals surface area contributed by atoms with E-state index in [9.17, 15) is 0 Å². The minimum absolute atomic E-state index is 0.253. The SMILES string of the molecule is COCCOCCl.COCCOCCl. The number of ether oxygens (including phenoxy) is 4. The predicted octanol–water partition coefficient (Wildman–Crippen LogP) is 1.69. The Balaban J connectivity index is 0. The third-order valence-electron chi connectivity index (χ3n) is 1.02. The van der Waals surface area contributed by atoms with Gasteiger partial charge in [0.15, 0.2) is 0 Å². The average Bonchev–Trinajstić information content (AvgIpc) is 2.21. The minimum Gasteiger partial charge on any atom is -0.382 e. The first-order chi connectivity index (χ1) is 6.83. The van der Waals surface area contributed by atoms with Crippen molar-refractivity contribution in [3.8, 4) is 0 Å². The first-order valence-electron chi connectivity index (χ1n) is 4.08. The Hall–Kier alpha value is 0.420. The van der Waals surface area contributed by atoms with Gasteiger partial charge in [-0.05, 0) is 0 Å². The third kappa shape index (κ3) is 22.8. The lowest BCUT2D eigenvalue weighted by molar-refractivity contribution is 0.0936. The summed E-state index contributed by atoms with van der Waals surface area (Å²) in [5.41, 5.74) is 0. The number of halogens is 2. The van der Waals surface area contributed by atoms with Crippen LogP contribution in [0.25, 0.3) is 0 Å². The fourth-order valence-electron chi connectivity index (χ4n) is 0.394. The summed E-state index contributed by atoms with van der Waals surface area (Å²) in [4.78, 5) is 0. The van der Waals surface area contributed by atoms with Crippen molar-refractivity contribution in [2.75, 3.05) is 52.8 Å². The van der Waals surface area contributed by atoms with Gasteiger partial charge in [-0.2, -0.15) is 0 Å². The molecule has 0 saturated heterocycles. The van der Waals surface area contributed by atoms with Crippen LogP contribution >= 0.6 is 23.2 Å². The maximum atomic E-state index is 5.16. The molecular weight excluding hydrogens is 231 g/mol. The number of rotatable bonds is 8. The smallest absolute Gasteiger partial charge is 0.120 e. The second kappa shape index (κ2) is 19.1. The first-order valence-corrected chi connectivity index (χ1v) is 5.15. The van der Waals surface area contributed by atoms with Gasteiger partial charge in [-0.15, -0.1) is 0 Å². The molecule has 0 heterocycles. The van der Waals surface area contributed by atoms with Crippen molar-refractivity contribution >= 4 is 23.2 Å². The molecule has 0 amide bonds. The molecule has 14 heavy (non-hydrogen) atoms. The molecule has 0 aromatic carbocycles. The van der Waals surface area contributed by atoms with E-state index in [1.165, 1.54) is 0 Å². The second-order valence-electron chi connectivity index (χ2n) is 2.02. The van der Waals surface area contributed by atoms with Crippen LogP contribution in [0.2, 0.25) is 0 Å². The van der Waals surface area contributed by atoms with Crippen LogP contribution in [-0.4, -0.2) is 52.8 Å². The molecule has 0 aliphatic heterocycles. The van der Waals surface area contributed by atoms with Crippen molar-refractivity contribution < 1.29 is 18.9 Å². The summed E-state index contributed by atoms with van der Waals surface area (Å²) in [6, 6.07) is 0.507. The zero-order valence-electron chi connectivity index (χ0n) is 8.63. The highest BCUT2D eigenvalue weighted by Gasteiger charge is 1.79. The highest BCUT2D eigenvalue weighted by atomic mass is 35.5. The van der Waals surface area contributed by atoms with Gasteiger partial charge in [0, 0.05) is 14.2 Å². The highest BCUT2D eigenvalue weighted by Crippen LogP contribution is 1.78. The standard InChI is InChI=1S/2C4H9ClO2/c2*1-6-2-3-7-4-5/h2*2-4H2,1H3. The van der Waals surface area contributed by atoms with Crippen molar-refractivity contribution in [2.24, 2.45) is 0 Å². The van der Waals surface area contributed by atoms with Crippen molar-refractivity contribution in [2.45, 2.75) is 0 Å². The average molecular weight is 249 g/mol. The van der Waals surface area contributed by atoms with E-state index >= 15 is 0 Å². The van der Waals surface area contributed by atoms with Gasteiger partial charge in [-0.3, -0.25) is 0 Å². The molecule has 0 saturated carbocycles. The summed E-state index contributed by atoms with van der Waals surface area (Å²) in [6.45, 7) is 2.40. The van der Waals surface area contributed by atoms with Crippen LogP contribution < -0.4 is 0 Å². The van der Waals surface area contributed by atoms with E-state index in [1.54, 1.807) is 14.2 Å². The van der Waals surface area contributed by atoms with Crippen molar-refractivity contribution in [3.05, 3.63) is 0 Å². The van der Waals surface area contributed by atoms with Gasteiger partial charge < -0.3 is 18.9 Å². The van der Waals surface area contributed by atoms with E-state index < -0.39 is 0 Å². The summed E-state index contributed by atoms with van der Waals surface area (Å²) >= 11 is 10.3. The topological polar surface area (TPSA) is 36.9 Å². The predicted molar refractivity (Wildman–Crippen MR) is 57.1 cm³/mol. The summed E-state index contributed by atoms with van der Waals surface area (Å²) in [5.74, 6) is 0. The summed E-state index contributed by atoms with van der Waals surface area (Å²) in [6.07, 6.45) is 0. The number of hydrogen-bond donors (Lipinski definition) is 0. The van der Waals surface area contributed by atoms with Crippen molar-refractivity contribution in [1.82, 2.24) is 0 Å². The monoisotopic (exact) mass is 248 g/mol. The molecular formula is C8H18Cl2O4. The zero-order chi connectivity index (χ0) is 11.1. The Bertz CT molecular complexity index is 67.7. The second-order valence-corrected chi connectivity index (χ2v) is 2.46. The zero-order valence-corrected chi connectivity index (χ0v) is 10.1. The molecule has 0 aromatic heterocycles. The Morgan fingerprint density at radius 2 is 1.07 bits per heavy atom. The van der Waals surface area contributed by atoms with Gasteiger partial charge in [-0.1, -0.05) is 23.2 Å². The van der Waals surface area contributed by atoms with Crippen LogP contribution in [0.3, 0.4) is 0 Å². The van der Waals surface area contributed by atoms with Crippen LogP contribution in [0.4, 0.5) is 0 Å². The van der Waals surface area contributed by atoms with E-state index in [4.69, 9.17) is 32.7 Å². The lowest BCUT2D eigenvalue weighted by Crippen LogP contribution is -1.99. The molecule has 0 bridgehead atoms. The van der Waals surface area contributed by atoms with Crippen LogP contribution in [0.5, 0.6) is 0 Å². The molecule has 6 heteroatoms. The van der Waals surface area contributed by atoms with Crippen LogP contribution in [0, 0.1) is 0 Å². The Labute approximate surface area is 95.4 Å². The maximum Gasteiger partial charge on any atom is 0.120 e. The van der Waals surface area contributed by atoms with Crippen molar-refractivity contribution in [1.29, 1.82) is 0 Å². The molecule has 0 radical (unpaired) electrons. The molecule has 0 atom stereocenters. The minimum atomic E-state index is 0.253. The van der Waals surface area contributed by atoms with Gasteiger partial charge in [0.05, 0.1) is 26.4 Å². The van der Waals surface area contributed by atoms with Gasteiger partial charge in [0.25, 0.3) is 0 Å². The first kappa shape index (κ1) is 16.8. The summed E-state index contributed by atoms with van der Waals surface area (Å²) in [5, 5.41) is 0. The van der Waals surface area contributed by atoms with E-state index in [2.05, 4.69) is 9.47 Å². The lowest BCUT2D eigenvalue weighted by Gasteiger charge is -1.94. The number of alkyl halides is 2. The van der Waals surface area contributed by atoms with E-state index in [0.29, 0.717) is 26.4 Å². The molecule has 0 unspecified atom stereocenters. The number of methoxy groups -OCH3 is 2. The normalized spacial score (nSPS) is 9.43. The molecule has 4 nitrogen and oxygen atoms in total. The van der Waals surface area contributed by atoms with Crippen LogP contribution in [-0.2, 0) is 18.9 Å². The van der Waals surface area contributed by atoms with E-state index in [1.807, 2.05) is 0 Å². The molecule has 0 aliphatic carbocycles. The molecule has 0 rings (SSSR count). The molecule has 0 aliphatic rings.